The predicted octanol–water partition coefficient (Wildman–Crippen LogP) is 6.99. The first-order valence-electron chi connectivity index (χ1n) is 14.7. The van der Waals surface area contributed by atoms with Crippen LogP contribution in [0.5, 0.6) is 5.75 Å². The van der Waals surface area contributed by atoms with Gasteiger partial charge in [0.05, 0.1) is 28.7 Å². The van der Waals surface area contributed by atoms with Gasteiger partial charge in [-0.05, 0) is 61.9 Å². The highest BCUT2D eigenvalue weighted by molar-refractivity contribution is 7.78. The van der Waals surface area contributed by atoms with Gasteiger partial charge in [0.2, 0.25) is 0 Å². The molecule has 9 nitrogen and oxygen atoms in total. The van der Waals surface area contributed by atoms with Crippen LogP contribution in [0.25, 0.3) is 11.0 Å². The summed E-state index contributed by atoms with van der Waals surface area (Å²) < 4.78 is 64.4. The standard InChI is InChI=1S/C25H26ClF3N6O.C3H8.C2H6.CH4O2S/c1-16-10-20(11-17(13-30)24(16)36-9-6-26)35(15-25(27,28)29)18-4-7-34(8-5-18)19-2-3-21-22(12-19)32-14-23(31)33-21;1-3-2;1-2;1-4(2)3/h2-3,10-12,14,18H,4-9,15H2,1H3,(H2,31,33);3H2,1-2H3;1-2H3;1H3,(H,2,3)/p-1. The molecule has 250 valence electrons. The summed E-state index contributed by atoms with van der Waals surface area (Å²) in [6.45, 7) is 10.2. The fraction of sp³-hybridized carbons (Fsp3) is 0.516. The van der Waals surface area contributed by atoms with E-state index < -0.39 is 23.8 Å². The van der Waals surface area contributed by atoms with Crippen molar-refractivity contribution in [2.45, 2.75) is 66.1 Å². The monoisotopic (exact) mass is 671 g/mol. The fourth-order valence-corrected chi connectivity index (χ4v) is 4.68. The Morgan fingerprint density at radius 3 is 2.33 bits per heavy atom. The van der Waals surface area contributed by atoms with Crippen LogP contribution < -0.4 is 20.3 Å². The molecule has 0 amide bonds. The first-order valence-corrected chi connectivity index (χ1v) is 16.7. The molecule has 1 aliphatic rings. The van der Waals surface area contributed by atoms with Crippen LogP contribution in [0.15, 0.2) is 36.5 Å². The lowest BCUT2D eigenvalue weighted by molar-refractivity contribution is -0.120. The number of halogens is 4. The van der Waals surface area contributed by atoms with Gasteiger partial charge in [-0.3, -0.25) is 9.19 Å². The highest BCUT2D eigenvalue weighted by Crippen LogP contribution is 2.35. The average Bonchev–Trinajstić information content (AvgIpc) is 2.99. The second kappa shape index (κ2) is 19.9. The van der Waals surface area contributed by atoms with Crippen LogP contribution in [0.3, 0.4) is 0 Å². The number of alkyl halides is 4. The minimum Gasteiger partial charge on any atom is -0.773 e. The number of piperidine rings is 1. The quantitative estimate of drug-likeness (QED) is 0.209. The summed E-state index contributed by atoms with van der Waals surface area (Å²) >= 11 is 3.83. The molecule has 1 unspecified atom stereocenters. The molecule has 2 aromatic carbocycles. The van der Waals surface area contributed by atoms with Crippen molar-refractivity contribution in [1.82, 2.24) is 9.97 Å². The number of aryl methyl sites for hydroxylation is 1. The number of nitriles is 1. The molecule has 1 aromatic heterocycles. The zero-order valence-electron chi connectivity index (χ0n) is 26.7. The second-order valence-electron chi connectivity index (χ2n) is 9.83. The molecule has 2 N–H and O–H groups in total. The maximum absolute atomic E-state index is 13.6. The minimum atomic E-state index is -4.40. The summed E-state index contributed by atoms with van der Waals surface area (Å²) in [5, 5.41) is 9.62. The number of ether oxygens (including phenoxy) is 1. The van der Waals surface area contributed by atoms with Gasteiger partial charge in [0.1, 0.15) is 30.8 Å². The number of rotatable bonds is 7. The van der Waals surface area contributed by atoms with Crippen molar-refractivity contribution in [3.8, 4) is 11.8 Å². The molecule has 1 fully saturated rings. The van der Waals surface area contributed by atoms with Crippen LogP contribution in [0, 0.1) is 18.3 Å². The first-order chi connectivity index (χ1) is 21.3. The molecule has 0 radical (unpaired) electrons. The molecule has 3 aromatic rings. The van der Waals surface area contributed by atoms with E-state index in [1.807, 2.05) is 38.1 Å². The van der Waals surface area contributed by atoms with Gasteiger partial charge in [0.15, 0.2) is 0 Å². The number of aromatic nitrogens is 2. The third-order valence-corrected chi connectivity index (χ3v) is 6.35. The van der Waals surface area contributed by atoms with Gasteiger partial charge in [-0.25, -0.2) is 4.98 Å². The SMILES string of the molecule is CC.CCC.CS(=O)[O-].Cc1cc(N(CC(F)(F)F)C2CCN(c3ccc4nc(N)cnc4c3)CC2)cc(C#N)c1OCCCl. The molecule has 0 spiro atoms. The second-order valence-corrected chi connectivity index (χ2v) is 11.0. The number of benzene rings is 2. The number of nitrogens with two attached hydrogens (primary N) is 1. The molecule has 0 saturated carbocycles. The summed E-state index contributed by atoms with van der Waals surface area (Å²) in [5.41, 5.74) is 9.17. The molecular weight excluding hydrogens is 629 g/mol. The molecule has 0 aliphatic carbocycles. The predicted molar refractivity (Wildman–Crippen MR) is 177 cm³/mol. The van der Waals surface area contributed by atoms with Crippen molar-refractivity contribution < 1.29 is 26.7 Å². The Morgan fingerprint density at radius 2 is 1.80 bits per heavy atom. The van der Waals surface area contributed by atoms with Gasteiger partial charge in [0.25, 0.3) is 0 Å². The van der Waals surface area contributed by atoms with E-state index in [4.69, 9.17) is 30.8 Å². The highest BCUT2D eigenvalue weighted by atomic mass is 35.5. The summed E-state index contributed by atoms with van der Waals surface area (Å²) in [4.78, 5) is 12.1. The Kier molecular flexibility index (Phi) is 17.6. The number of hydrogen-bond donors (Lipinski definition) is 1. The smallest absolute Gasteiger partial charge is 0.405 e. The highest BCUT2D eigenvalue weighted by Gasteiger charge is 2.36. The summed E-state index contributed by atoms with van der Waals surface area (Å²) in [5.74, 6) is 0.932. The van der Waals surface area contributed by atoms with E-state index in [2.05, 4.69) is 28.7 Å². The number of fused-ring (bicyclic) bond motifs is 1. The molecule has 1 atom stereocenters. The van der Waals surface area contributed by atoms with Gasteiger partial charge in [-0.1, -0.05) is 45.2 Å². The number of nitrogens with zero attached hydrogens (tertiary/aromatic N) is 5. The number of hydrogen-bond acceptors (Lipinski definition) is 9. The van der Waals surface area contributed by atoms with E-state index >= 15 is 0 Å². The Hall–Kier alpha value is -3.34. The summed E-state index contributed by atoms with van der Waals surface area (Å²) in [6.07, 6.45) is 0.473. The number of anilines is 3. The third-order valence-electron chi connectivity index (χ3n) is 6.20. The Morgan fingerprint density at radius 1 is 1.20 bits per heavy atom. The van der Waals surface area contributed by atoms with Crippen molar-refractivity contribution >= 4 is 50.9 Å². The minimum absolute atomic E-state index is 0.192. The molecule has 4 rings (SSSR count). The van der Waals surface area contributed by atoms with E-state index in [9.17, 15) is 18.4 Å². The largest absolute Gasteiger partial charge is 0.773 e. The molecule has 1 aliphatic heterocycles. The van der Waals surface area contributed by atoms with Crippen molar-refractivity contribution in [3.05, 3.63) is 47.7 Å². The van der Waals surface area contributed by atoms with Crippen molar-refractivity contribution in [3.63, 3.8) is 0 Å². The maximum atomic E-state index is 13.6. The lowest BCUT2D eigenvalue weighted by Gasteiger charge is -2.41. The van der Waals surface area contributed by atoms with Crippen molar-refractivity contribution in [1.29, 1.82) is 5.26 Å². The number of nitrogen functional groups attached to an aromatic ring is 1. The molecule has 45 heavy (non-hydrogen) atoms. The topological polar surface area (TPSA) is 131 Å². The van der Waals surface area contributed by atoms with Crippen molar-refractivity contribution in [2.24, 2.45) is 0 Å². The first kappa shape index (κ1) is 39.7. The van der Waals surface area contributed by atoms with E-state index in [0.717, 1.165) is 11.9 Å². The summed E-state index contributed by atoms with van der Waals surface area (Å²) in [6, 6.07) is 10.5. The zero-order chi connectivity index (χ0) is 34.2. The van der Waals surface area contributed by atoms with Crippen molar-refractivity contribution in [2.75, 3.05) is 53.9 Å². The average molecular weight is 672 g/mol. The summed E-state index contributed by atoms with van der Waals surface area (Å²) in [7, 11) is 0. The molecule has 2 heterocycles. The van der Waals surface area contributed by atoms with Gasteiger partial charge in [0, 0.05) is 30.5 Å². The lowest BCUT2D eigenvalue weighted by atomic mass is 10.00. The van der Waals surface area contributed by atoms with Crippen LogP contribution in [0.1, 0.15) is 58.1 Å². The van der Waals surface area contributed by atoms with Gasteiger partial charge < -0.3 is 24.8 Å². The van der Waals surface area contributed by atoms with Gasteiger partial charge >= 0.3 is 6.18 Å². The van der Waals surface area contributed by atoms with Crippen LogP contribution in [0.2, 0.25) is 0 Å². The van der Waals surface area contributed by atoms with Crippen LogP contribution in [-0.4, -0.2) is 69.3 Å². The van der Waals surface area contributed by atoms with Crippen LogP contribution >= 0.6 is 11.6 Å². The van der Waals surface area contributed by atoms with E-state index in [0.29, 0.717) is 59.8 Å². The van der Waals surface area contributed by atoms with Crippen LogP contribution in [-0.2, 0) is 11.1 Å². The molecule has 0 bridgehead atoms. The van der Waals surface area contributed by atoms with E-state index in [1.54, 1.807) is 13.0 Å². The lowest BCUT2D eigenvalue weighted by Crippen LogP contribution is -2.48. The van der Waals surface area contributed by atoms with Gasteiger partial charge in [-0.2, -0.15) is 18.4 Å². The maximum Gasteiger partial charge on any atom is 0.405 e. The third kappa shape index (κ3) is 13.3. The Labute approximate surface area is 271 Å². The molecular formula is C31H43ClF3N6O3S-. The van der Waals surface area contributed by atoms with Crippen LogP contribution in [0.4, 0.5) is 30.4 Å². The Bertz CT molecular complexity index is 1400. The fourth-order valence-electron chi connectivity index (χ4n) is 4.61. The Balaban J connectivity index is 0.00000101. The normalized spacial score (nSPS) is 13.6. The van der Waals surface area contributed by atoms with E-state index in [-0.39, 0.29) is 24.1 Å². The van der Waals surface area contributed by atoms with E-state index in [1.165, 1.54) is 23.6 Å². The molecule has 1 saturated heterocycles. The zero-order valence-corrected chi connectivity index (χ0v) is 28.2. The van der Waals surface area contributed by atoms with Gasteiger partial charge in [-0.15, -0.1) is 11.6 Å². The molecule has 14 heteroatoms.